The zero-order valence-corrected chi connectivity index (χ0v) is 12.2. The Hall–Kier alpha value is -1.56. The summed E-state index contributed by atoms with van der Waals surface area (Å²) in [5.41, 5.74) is 7.46. The summed E-state index contributed by atoms with van der Waals surface area (Å²) in [4.78, 5) is 0. The van der Waals surface area contributed by atoms with Gasteiger partial charge in [-0.3, -0.25) is 0 Å². The maximum Gasteiger partial charge on any atom is 0.162 e. The minimum absolute atomic E-state index is 0.162. The number of rotatable bonds is 6. The van der Waals surface area contributed by atoms with Crippen LogP contribution in [0.15, 0.2) is 28.8 Å². The monoisotopic (exact) mass is 296 g/mol. The van der Waals surface area contributed by atoms with E-state index in [0.717, 1.165) is 5.56 Å². The second kappa shape index (κ2) is 6.74. The van der Waals surface area contributed by atoms with Crippen LogP contribution in [0.2, 0.25) is 5.02 Å². The fourth-order valence-corrected chi connectivity index (χ4v) is 1.97. The largest absolute Gasteiger partial charge is 0.487 e. The molecular formula is C14H17ClN2O3. The van der Waals surface area contributed by atoms with Gasteiger partial charge in [0.05, 0.1) is 0 Å². The van der Waals surface area contributed by atoms with Gasteiger partial charge in [0.2, 0.25) is 0 Å². The number of aromatic nitrogens is 1. The molecule has 5 nitrogen and oxygen atoms in total. The highest BCUT2D eigenvalue weighted by Crippen LogP contribution is 2.27. The average Bonchev–Trinajstić information content (AvgIpc) is 2.85. The third-order valence-corrected chi connectivity index (χ3v) is 2.97. The van der Waals surface area contributed by atoms with Crippen LogP contribution in [0.5, 0.6) is 5.75 Å². The standard InChI is InChI=1S/C14H17ClN2O3/c1-9(16)13-5-10(15)3-4-14(13)19-7-11-6-12(8-18-2)20-17-11/h3-6,9H,7-8,16H2,1-2H3/t9-/m0/s1. The second-order valence-corrected chi connectivity index (χ2v) is 4.91. The van der Waals surface area contributed by atoms with Gasteiger partial charge >= 0.3 is 0 Å². The van der Waals surface area contributed by atoms with Gasteiger partial charge in [-0.25, -0.2) is 0 Å². The molecule has 108 valence electrons. The Kier molecular flexibility index (Phi) is 5.00. The summed E-state index contributed by atoms with van der Waals surface area (Å²) >= 11 is 5.96. The molecule has 6 heteroatoms. The van der Waals surface area contributed by atoms with Gasteiger partial charge in [-0.2, -0.15) is 0 Å². The summed E-state index contributed by atoms with van der Waals surface area (Å²) in [5.74, 6) is 1.36. The first-order valence-corrected chi connectivity index (χ1v) is 6.59. The molecule has 0 aliphatic carbocycles. The van der Waals surface area contributed by atoms with Crippen molar-refractivity contribution in [1.82, 2.24) is 5.16 Å². The summed E-state index contributed by atoms with van der Waals surface area (Å²) in [5, 5.41) is 4.54. The Morgan fingerprint density at radius 1 is 1.35 bits per heavy atom. The smallest absolute Gasteiger partial charge is 0.162 e. The van der Waals surface area contributed by atoms with Gasteiger partial charge in [0.1, 0.15) is 24.7 Å². The van der Waals surface area contributed by atoms with Crippen LogP contribution in [-0.4, -0.2) is 12.3 Å². The minimum atomic E-state index is -0.162. The highest BCUT2D eigenvalue weighted by atomic mass is 35.5. The first-order chi connectivity index (χ1) is 9.60. The van der Waals surface area contributed by atoms with Gasteiger partial charge in [0, 0.05) is 29.8 Å². The van der Waals surface area contributed by atoms with Crippen LogP contribution < -0.4 is 10.5 Å². The van der Waals surface area contributed by atoms with Crippen LogP contribution in [0.4, 0.5) is 0 Å². The number of ether oxygens (including phenoxy) is 2. The molecule has 1 atom stereocenters. The third-order valence-electron chi connectivity index (χ3n) is 2.73. The van der Waals surface area contributed by atoms with Crippen LogP contribution in [0.25, 0.3) is 0 Å². The van der Waals surface area contributed by atoms with Crippen molar-refractivity contribution < 1.29 is 14.0 Å². The summed E-state index contributed by atoms with van der Waals surface area (Å²) in [6.07, 6.45) is 0. The Morgan fingerprint density at radius 3 is 2.85 bits per heavy atom. The normalized spacial score (nSPS) is 12.4. The molecule has 0 saturated carbocycles. The molecule has 0 aliphatic rings. The Labute approximate surface area is 122 Å². The molecular weight excluding hydrogens is 280 g/mol. The summed E-state index contributed by atoms with van der Waals surface area (Å²) in [6.45, 7) is 2.57. The van der Waals surface area contributed by atoms with Crippen molar-refractivity contribution in [2.45, 2.75) is 26.2 Å². The van der Waals surface area contributed by atoms with Crippen LogP contribution in [0.1, 0.15) is 30.0 Å². The van der Waals surface area contributed by atoms with E-state index in [1.54, 1.807) is 31.4 Å². The molecule has 0 spiro atoms. The van der Waals surface area contributed by atoms with E-state index in [0.29, 0.717) is 35.4 Å². The van der Waals surface area contributed by atoms with Crippen LogP contribution in [0, 0.1) is 0 Å². The molecule has 0 radical (unpaired) electrons. The molecule has 2 rings (SSSR count). The maximum atomic E-state index is 5.96. The Morgan fingerprint density at radius 2 is 2.15 bits per heavy atom. The summed E-state index contributed by atoms with van der Waals surface area (Å²) in [7, 11) is 1.60. The first-order valence-electron chi connectivity index (χ1n) is 6.21. The molecule has 0 aliphatic heterocycles. The van der Waals surface area contributed by atoms with Crippen molar-refractivity contribution in [1.29, 1.82) is 0 Å². The van der Waals surface area contributed by atoms with E-state index in [9.17, 15) is 0 Å². The van der Waals surface area contributed by atoms with Crippen molar-refractivity contribution in [3.8, 4) is 5.75 Å². The third kappa shape index (κ3) is 3.72. The van der Waals surface area contributed by atoms with Crippen molar-refractivity contribution in [3.05, 3.63) is 46.3 Å². The highest BCUT2D eigenvalue weighted by molar-refractivity contribution is 6.30. The number of hydrogen-bond acceptors (Lipinski definition) is 5. The van der Waals surface area contributed by atoms with Crippen LogP contribution in [0.3, 0.4) is 0 Å². The first kappa shape index (κ1) is 14.8. The van der Waals surface area contributed by atoms with E-state index in [1.165, 1.54) is 0 Å². The fourth-order valence-electron chi connectivity index (χ4n) is 1.79. The Bertz CT molecular complexity index is 569. The highest BCUT2D eigenvalue weighted by Gasteiger charge is 2.11. The van der Waals surface area contributed by atoms with E-state index < -0.39 is 0 Å². The lowest BCUT2D eigenvalue weighted by Gasteiger charge is -2.13. The zero-order valence-electron chi connectivity index (χ0n) is 11.4. The fraction of sp³-hybridized carbons (Fsp3) is 0.357. The van der Waals surface area contributed by atoms with Gasteiger partial charge in [-0.15, -0.1) is 0 Å². The van der Waals surface area contributed by atoms with E-state index in [1.807, 2.05) is 6.92 Å². The molecule has 0 unspecified atom stereocenters. The molecule has 0 fully saturated rings. The maximum absolute atomic E-state index is 5.96. The van der Waals surface area contributed by atoms with E-state index >= 15 is 0 Å². The van der Waals surface area contributed by atoms with E-state index in [2.05, 4.69) is 5.16 Å². The lowest BCUT2D eigenvalue weighted by molar-refractivity contribution is 0.155. The average molecular weight is 297 g/mol. The molecule has 0 amide bonds. The predicted octanol–water partition coefficient (Wildman–Crippen LogP) is 3.07. The number of hydrogen-bond donors (Lipinski definition) is 1. The number of methoxy groups -OCH3 is 1. The van der Waals surface area contributed by atoms with Gasteiger partial charge in [0.25, 0.3) is 0 Å². The van der Waals surface area contributed by atoms with Gasteiger partial charge in [0.15, 0.2) is 5.76 Å². The van der Waals surface area contributed by atoms with Crippen LogP contribution in [-0.2, 0) is 18.0 Å². The zero-order chi connectivity index (χ0) is 14.5. The molecule has 2 N–H and O–H groups in total. The molecule has 2 aromatic rings. The molecule has 1 aromatic carbocycles. The number of halogens is 1. The molecule has 1 heterocycles. The number of benzene rings is 1. The minimum Gasteiger partial charge on any atom is -0.487 e. The summed E-state index contributed by atoms with van der Waals surface area (Å²) < 4.78 is 15.8. The second-order valence-electron chi connectivity index (χ2n) is 4.48. The lowest BCUT2D eigenvalue weighted by atomic mass is 10.1. The quantitative estimate of drug-likeness (QED) is 0.887. The SMILES string of the molecule is COCc1cc(COc2ccc(Cl)cc2[C@H](C)N)no1. The number of nitrogens with zero attached hydrogens (tertiary/aromatic N) is 1. The Balaban J connectivity index is 2.06. The van der Waals surface area contributed by atoms with Crippen molar-refractivity contribution >= 4 is 11.6 Å². The van der Waals surface area contributed by atoms with Crippen molar-refractivity contribution in [2.75, 3.05) is 7.11 Å². The predicted molar refractivity (Wildman–Crippen MR) is 75.6 cm³/mol. The lowest BCUT2D eigenvalue weighted by Crippen LogP contribution is -2.08. The molecule has 0 bridgehead atoms. The molecule has 0 saturated heterocycles. The number of nitrogens with two attached hydrogens (primary N) is 1. The van der Waals surface area contributed by atoms with E-state index in [4.69, 9.17) is 31.3 Å². The van der Waals surface area contributed by atoms with Gasteiger partial charge in [-0.05, 0) is 25.1 Å². The summed E-state index contributed by atoms with van der Waals surface area (Å²) in [6, 6.07) is 7.01. The topological polar surface area (TPSA) is 70.5 Å². The van der Waals surface area contributed by atoms with E-state index in [-0.39, 0.29) is 6.04 Å². The molecule has 20 heavy (non-hydrogen) atoms. The molecule has 1 aromatic heterocycles. The van der Waals surface area contributed by atoms with Gasteiger partial charge in [-0.1, -0.05) is 16.8 Å². The van der Waals surface area contributed by atoms with Crippen molar-refractivity contribution in [2.24, 2.45) is 5.73 Å². The van der Waals surface area contributed by atoms with Crippen molar-refractivity contribution in [3.63, 3.8) is 0 Å². The van der Waals surface area contributed by atoms with Gasteiger partial charge < -0.3 is 19.7 Å². The van der Waals surface area contributed by atoms with Crippen LogP contribution >= 0.6 is 11.6 Å².